The maximum atomic E-state index is 11.1. The summed E-state index contributed by atoms with van der Waals surface area (Å²) in [6.07, 6.45) is 0. The summed E-state index contributed by atoms with van der Waals surface area (Å²) in [4.78, 5) is 20.4. The topological polar surface area (TPSA) is 95.5 Å². The van der Waals surface area contributed by atoms with Crippen molar-refractivity contribution in [1.29, 1.82) is 0 Å². The lowest BCUT2D eigenvalue weighted by Crippen LogP contribution is -2.12. The molecule has 7 heteroatoms. The van der Waals surface area contributed by atoms with Gasteiger partial charge in [-0.3, -0.25) is 20.2 Å². The van der Waals surface area contributed by atoms with Crippen LogP contribution in [-0.2, 0) is 5.41 Å². The Morgan fingerprint density at radius 2 is 1.61 bits per heavy atom. The fourth-order valence-electron chi connectivity index (χ4n) is 1.41. The van der Waals surface area contributed by atoms with Crippen LogP contribution in [0.4, 0.5) is 11.4 Å². The SMILES string of the molecule is [2H]C([2H])([2H])Oc1c([N+](=O)[O-])cc(C(C)(C)C)cc1[N+](=O)[O-]. The molecule has 0 unspecified atom stereocenters. The molecule has 0 N–H and O–H groups in total. The molecule has 7 nitrogen and oxygen atoms in total. The van der Waals surface area contributed by atoms with Gasteiger partial charge in [0.25, 0.3) is 5.75 Å². The van der Waals surface area contributed by atoms with Crippen LogP contribution >= 0.6 is 0 Å². The summed E-state index contributed by atoms with van der Waals surface area (Å²) in [5.41, 5.74) is -1.75. The zero-order chi connectivity index (χ0) is 16.6. The molecule has 0 amide bonds. The second-order valence-electron chi connectivity index (χ2n) is 4.71. The second-order valence-corrected chi connectivity index (χ2v) is 4.71. The van der Waals surface area contributed by atoms with Crippen LogP contribution in [0.15, 0.2) is 12.1 Å². The molecule has 0 aromatic heterocycles. The van der Waals surface area contributed by atoms with E-state index in [2.05, 4.69) is 4.74 Å². The highest BCUT2D eigenvalue weighted by atomic mass is 16.6. The van der Waals surface area contributed by atoms with E-state index in [1.54, 1.807) is 20.8 Å². The highest BCUT2D eigenvalue weighted by Crippen LogP contribution is 2.40. The summed E-state index contributed by atoms with van der Waals surface area (Å²) in [5.74, 6) is -0.863. The normalized spacial score (nSPS) is 14.3. The molecule has 0 saturated carbocycles. The Morgan fingerprint density at radius 1 is 1.17 bits per heavy atom. The predicted molar refractivity (Wildman–Crippen MR) is 65.0 cm³/mol. The third kappa shape index (κ3) is 2.55. The highest BCUT2D eigenvalue weighted by molar-refractivity contribution is 5.62. The Morgan fingerprint density at radius 3 is 1.89 bits per heavy atom. The van der Waals surface area contributed by atoms with E-state index in [9.17, 15) is 20.2 Å². The van der Waals surface area contributed by atoms with Crippen LogP contribution in [-0.4, -0.2) is 16.9 Å². The van der Waals surface area contributed by atoms with Gasteiger partial charge in [-0.05, 0) is 11.0 Å². The number of ether oxygens (including phenoxy) is 1. The number of nitrogens with zero attached hydrogens (tertiary/aromatic N) is 2. The molecule has 1 aromatic carbocycles. The summed E-state index contributed by atoms with van der Waals surface area (Å²) >= 11 is 0. The molecule has 0 saturated heterocycles. The van der Waals surface area contributed by atoms with Crippen molar-refractivity contribution in [3.05, 3.63) is 37.9 Å². The van der Waals surface area contributed by atoms with Gasteiger partial charge in [0.1, 0.15) is 0 Å². The molecule has 1 aromatic rings. The van der Waals surface area contributed by atoms with Gasteiger partial charge in [-0.2, -0.15) is 0 Å². The minimum Gasteiger partial charge on any atom is -0.485 e. The molecule has 98 valence electrons. The number of rotatable bonds is 3. The first kappa shape index (κ1) is 9.81. The Bertz CT molecular complexity index is 557. The fourth-order valence-corrected chi connectivity index (χ4v) is 1.41. The molecular formula is C11H14N2O5. The Kier molecular flexibility index (Phi) is 2.50. The van der Waals surface area contributed by atoms with Crippen molar-refractivity contribution in [2.24, 2.45) is 0 Å². The van der Waals surface area contributed by atoms with Gasteiger partial charge >= 0.3 is 11.4 Å². The minimum absolute atomic E-state index is 0.332. The van der Waals surface area contributed by atoms with Crippen molar-refractivity contribution in [1.82, 2.24) is 0 Å². The van der Waals surface area contributed by atoms with Gasteiger partial charge in [-0.1, -0.05) is 20.8 Å². The summed E-state index contributed by atoms with van der Waals surface area (Å²) < 4.78 is 25.4. The average Bonchev–Trinajstić information content (AvgIpc) is 2.24. The number of benzene rings is 1. The first-order valence-electron chi connectivity index (χ1n) is 6.49. The molecule has 0 aliphatic carbocycles. The molecular weight excluding hydrogens is 240 g/mol. The van der Waals surface area contributed by atoms with Gasteiger partial charge in [-0.15, -0.1) is 0 Å². The number of nitro groups is 2. The van der Waals surface area contributed by atoms with E-state index < -0.39 is 39.4 Å². The van der Waals surface area contributed by atoms with Gasteiger partial charge < -0.3 is 4.74 Å². The van der Waals surface area contributed by atoms with Gasteiger partial charge in [-0.25, -0.2) is 0 Å². The van der Waals surface area contributed by atoms with E-state index in [0.717, 1.165) is 12.1 Å². The average molecular weight is 257 g/mol. The monoisotopic (exact) mass is 257 g/mol. The Balaban J connectivity index is 3.67. The molecule has 1 rings (SSSR count). The smallest absolute Gasteiger partial charge is 0.318 e. The van der Waals surface area contributed by atoms with Crippen LogP contribution in [0, 0.1) is 20.2 Å². The number of hydrogen-bond donors (Lipinski definition) is 0. The van der Waals surface area contributed by atoms with Crippen molar-refractivity contribution in [3.63, 3.8) is 0 Å². The molecule has 0 spiro atoms. The quantitative estimate of drug-likeness (QED) is 0.612. The van der Waals surface area contributed by atoms with Crippen LogP contribution in [0.2, 0.25) is 0 Å². The Labute approximate surface area is 108 Å². The summed E-state index contributed by atoms with van der Waals surface area (Å²) in [5, 5.41) is 22.2. The van der Waals surface area contributed by atoms with Crippen molar-refractivity contribution >= 4 is 11.4 Å². The summed E-state index contributed by atoms with van der Waals surface area (Å²) in [6, 6.07) is 2.18. The summed E-state index contributed by atoms with van der Waals surface area (Å²) in [7, 11) is -3.03. The van der Waals surface area contributed by atoms with E-state index in [-0.39, 0.29) is 0 Å². The number of hydrogen-bond acceptors (Lipinski definition) is 5. The highest BCUT2D eigenvalue weighted by Gasteiger charge is 2.30. The lowest BCUT2D eigenvalue weighted by Gasteiger charge is -2.19. The molecule has 0 fully saturated rings. The molecule has 0 atom stereocenters. The van der Waals surface area contributed by atoms with E-state index >= 15 is 0 Å². The van der Waals surface area contributed by atoms with Crippen molar-refractivity contribution in [2.75, 3.05) is 7.04 Å². The van der Waals surface area contributed by atoms with Crippen LogP contribution in [0.3, 0.4) is 0 Å². The van der Waals surface area contributed by atoms with E-state index in [1.807, 2.05) is 0 Å². The standard InChI is InChI=1S/C11H14N2O5/c1-11(2,3)7-5-8(12(14)15)10(18-4)9(6-7)13(16)17/h5-6H,1-4H3/i4D3. The van der Waals surface area contributed by atoms with E-state index in [4.69, 9.17) is 4.11 Å². The first-order chi connectivity index (χ1) is 9.33. The maximum Gasteiger partial charge on any atom is 0.318 e. The Hall–Kier alpha value is -2.18. The lowest BCUT2D eigenvalue weighted by molar-refractivity contribution is -0.396. The maximum absolute atomic E-state index is 11.1. The largest absolute Gasteiger partial charge is 0.485 e. The van der Waals surface area contributed by atoms with Gasteiger partial charge in [0.15, 0.2) is 0 Å². The van der Waals surface area contributed by atoms with Crippen molar-refractivity contribution in [3.8, 4) is 5.75 Å². The van der Waals surface area contributed by atoms with E-state index in [1.165, 1.54) is 0 Å². The molecule has 18 heavy (non-hydrogen) atoms. The molecule has 0 heterocycles. The number of nitro benzene ring substituents is 2. The third-order valence-electron chi connectivity index (χ3n) is 2.41. The van der Waals surface area contributed by atoms with Gasteiger partial charge in [0, 0.05) is 12.1 Å². The summed E-state index contributed by atoms with van der Waals surface area (Å²) in [6.45, 7) is 5.17. The molecule has 0 aliphatic rings. The molecule has 0 aliphatic heterocycles. The number of methoxy groups -OCH3 is 1. The molecule has 0 bridgehead atoms. The van der Waals surface area contributed by atoms with Gasteiger partial charge in [0.05, 0.1) is 21.0 Å². The van der Waals surface area contributed by atoms with Crippen molar-refractivity contribution < 1.29 is 18.7 Å². The second kappa shape index (κ2) is 4.59. The predicted octanol–water partition coefficient (Wildman–Crippen LogP) is 2.81. The van der Waals surface area contributed by atoms with E-state index in [0.29, 0.717) is 5.56 Å². The zero-order valence-electron chi connectivity index (χ0n) is 13.1. The zero-order valence-corrected chi connectivity index (χ0v) is 10.1. The van der Waals surface area contributed by atoms with Gasteiger partial charge in [0.2, 0.25) is 0 Å². The van der Waals surface area contributed by atoms with Crippen molar-refractivity contribution in [2.45, 2.75) is 26.2 Å². The lowest BCUT2D eigenvalue weighted by atomic mass is 9.86. The van der Waals surface area contributed by atoms with Crippen LogP contribution in [0.1, 0.15) is 30.4 Å². The van der Waals surface area contributed by atoms with Crippen LogP contribution < -0.4 is 4.74 Å². The fraction of sp³-hybridized carbons (Fsp3) is 0.455. The minimum atomic E-state index is -3.03. The van der Waals surface area contributed by atoms with Crippen LogP contribution in [0.25, 0.3) is 0 Å². The third-order valence-corrected chi connectivity index (χ3v) is 2.41. The first-order valence-corrected chi connectivity index (χ1v) is 4.99. The van der Waals surface area contributed by atoms with Crippen LogP contribution in [0.5, 0.6) is 5.75 Å². The molecule has 0 radical (unpaired) electrons.